The van der Waals surface area contributed by atoms with Gasteiger partial charge in [0.2, 0.25) is 0 Å². The van der Waals surface area contributed by atoms with Crippen molar-refractivity contribution in [3.05, 3.63) is 81.9 Å². The highest BCUT2D eigenvalue weighted by Crippen LogP contribution is 2.35. The van der Waals surface area contributed by atoms with Crippen molar-refractivity contribution in [2.45, 2.75) is 6.42 Å². The Kier molecular flexibility index (Phi) is 3.18. The maximum absolute atomic E-state index is 13.0. The van der Waals surface area contributed by atoms with E-state index >= 15 is 0 Å². The summed E-state index contributed by atoms with van der Waals surface area (Å²) in [6.07, 6.45) is 0.326. The van der Waals surface area contributed by atoms with Crippen LogP contribution in [-0.4, -0.2) is 27.9 Å². The van der Waals surface area contributed by atoms with Gasteiger partial charge in [-0.05, 0) is 46.5 Å². The second-order valence-corrected chi connectivity index (χ2v) is 5.99. The minimum atomic E-state index is -1.10. The Morgan fingerprint density at radius 1 is 0.920 bits per heavy atom. The Hall–Kier alpha value is -3.47. The van der Waals surface area contributed by atoms with E-state index in [4.69, 9.17) is 0 Å². The van der Waals surface area contributed by atoms with Gasteiger partial charge in [0.05, 0.1) is 11.1 Å². The Morgan fingerprint density at radius 3 is 2.40 bits per heavy atom. The molecule has 3 aromatic carbocycles. The Morgan fingerprint density at radius 2 is 1.68 bits per heavy atom. The number of carboxylic acid groups (broad SMARTS) is 2. The molecule has 0 amide bonds. The van der Waals surface area contributed by atoms with Gasteiger partial charge in [0.15, 0.2) is 5.78 Å². The van der Waals surface area contributed by atoms with Crippen molar-refractivity contribution in [2.75, 3.05) is 0 Å². The van der Waals surface area contributed by atoms with Crippen LogP contribution in [0.4, 0.5) is 0 Å². The van der Waals surface area contributed by atoms with E-state index in [-0.39, 0.29) is 22.5 Å². The lowest BCUT2D eigenvalue weighted by Gasteiger charge is -2.22. The summed E-state index contributed by atoms with van der Waals surface area (Å²) in [7, 11) is 0. The minimum absolute atomic E-state index is 0.0597. The van der Waals surface area contributed by atoms with E-state index in [0.717, 1.165) is 5.56 Å². The summed E-state index contributed by atoms with van der Waals surface area (Å²) < 4.78 is 0. The van der Waals surface area contributed by atoms with Crippen LogP contribution in [0.25, 0.3) is 10.8 Å². The van der Waals surface area contributed by atoms with Crippen molar-refractivity contribution < 1.29 is 24.6 Å². The molecule has 0 saturated heterocycles. The lowest BCUT2D eigenvalue weighted by Crippen LogP contribution is -2.19. The SMILES string of the molecule is O=C(O)c1ccc2cc(C(=O)O)c3c(c2c1)C(=O)c1ccccc1C3. The number of rotatable bonds is 2. The molecule has 0 spiro atoms. The van der Waals surface area contributed by atoms with Crippen LogP contribution in [0, 0.1) is 0 Å². The largest absolute Gasteiger partial charge is 0.478 e. The number of fused-ring (bicyclic) bond motifs is 4. The lowest BCUT2D eigenvalue weighted by molar-refractivity contribution is 0.0685. The van der Waals surface area contributed by atoms with Gasteiger partial charge in [-0.2, -0.15) is 0 Å². The first-order chi connectivity index (χ1) is 12.0. The standard InChI is InChI=1S/C20H12O5/c21-18-13-4-2-1-3-10(13)7-15-16(20(24)25)8-11-5-6-12(19(22)23)9-14(11)17(15)18/h1-6,8-9H,7H2,(H,22,23)(H,24,25). The van der Waals surface area contributed by atoms with Gasteiger partial charge in [-0.15, -0.1) is 0 Å². The van der Waals surface area contributed by atoms with E-state index in [0.29, 0.717) is 28.3 Å². The predicted octanol–water partition coefficient (Wildman–Crippen LogP) is 3.37. The normalized spacial score (nSPS) is 12.6. The molecule has 0 aromatic heterocycles. The highest BCUT2D eigenvalue weighted by atomic mass is 16.4. The number of aromatic carboxylic acids is 2. The van der Waals surface area contributed by atoms with Gasteiger partial charge in [0.25, 0.3) is 0 Å². The molecule has 4 rings (SSSR count). The van der Waals surface area contributed by atoms with Gasteiger partial charge in [-0.25, -0.2) is 9.59 Å². The quantitative estimate of drug-likeness (QED) is 0.587. The smallest absolute Gasteiger partial charge is 0.336 e. The molecule has 5 heteroatoms. The third-order valence-electron chi connectivity index (χ3n) is 4.58. The molecule has 0 aliphatic heterocycles. The Balaban J connectivity index is 2.11. The van der Waals surface area contributed by atoms with Gasteiger partial charge < -0.3 is 10.2 Å². The molecule has 0 radical (unpaired) electrons. The second kappa shape index (κ2) is 5.27. The fourth-order valence-corrected chi connectivity index (χ4v) is 3.43. The van der Waals surface area contributed by atoms with Crippen LogP contribution in [0.2, 0.25) is 0 Å². The molecule has 0 fully saturated rings. The van der Waals surface area contributed by atoms with E-state index in [1.807, 2.05) is 0 Å². The second-order valence-electron chi connectivity index (χ2n) is 5.99. The molecule has 0 atom stereocenters. The number of hydrogen-bond acceptors (Lipinski definition) is 3. The third-order valence-corrected chi connectivity index (χ3v) is 4.58. The van der Waals surface area contributed by atoms with Crippen molar-refractivity contribution in [2.24, 2.45) is 0 Å². The Bertz CT molecular complexity index is 1090. The molecule has 25 heavy (non-hydrogen) atoms. The molecule has 3 aromatic rings. The number of benzene rings is 3. The molecule has 2 N–H and O–H groups in total. The zero-order valence-corrected chi connectivity index (χ0v) is 12.9. The maximum Gasteiger partial charge on any atom is 0.336 e. The molecule has 122 valence electrons. The third kappa shape index (κ3) is 2.21. The van der Waals surface area contributed by atoms with E-state index in [1.54, 1.807) is 30.3 Å². The number of ketones is 1. The summed E-state index contributed by atoms with van der Waals surface area (Å²) in [4.78, 5) is 36.0. The highest BCUT2D eigenvalue weighted by molar-refractivity contribution is 6.21. The summed E-state index contributed by atoms with van der Waals surface area (Å²) in [6.45, 7) is 0. The minimum Gasteiger partial charge on any atom is -0.478 e. The van der Waals surface area contributed by atoms with Gasteiger partial charge in [-0.3, -0.25) is 4.79 Å². The Labute approximate surface area is 142 Å². The number of carbonyl (C=O) groups excluding carboxylic acids is 1. The fourth-order valence-electron chi connectivity index (χ4n) is 3.43. The fraction of sp³-hybridized carbons (Fsp3) is 0.0500. The zero-order chi connectivity index (χ0) is 17.7. The number of carbonyl (C=O) groups is 3. The average Bonchev–Trinajstić information content (AvgIpc) is 2.60. The van der Waals surface area contributed by atoms with E-state index in [2.05, 4.69) is 0 Å². The van der Waals surface area contributed by atoms with Crippen LogP contribution in [0.15, 0.2) is 48.5 Å². The molecule has 5 nitrogen and oxygen atoms in total. The maximum atomic E-state index is 13.0. The molecule has 0 bridgehead atoms. The molecule has 0 heterocycles. The van der Waals surface area contributed by atoms with Crippen molar-refractivity contribution in [3.63, 3.8) is 0 Å². The van der Waals surface area contributed by atoms with Gasteiger partial charge >= 0.3 is 11.9 Å². The lowest BCUT2D eigenvalue weighted by atomic mass is 9.80. The van der Waals surface area contributed by atoms with E-state index in [1.165, 1.54) is 18.2 Å². The van der Waals surface area contributed by atoms with Crippen LogP contribution in [0.5, 0.6) is 0 Å². The van der Waals surface area contributed by atoms with E-state index in [9.17, 15) is 24.6 Å². The molecular formula is C20H12O5. The van der Waals surface area contributed by atoms with E-state index < -0.39 is 11.9 Å². The molecule has 1 aliphatic rings. The van der Waals surface area contributed by atoms with Crippen molar-refractivity contribution in [1.29, 1.82) is 0 Å². The first-order valence-corrected chi connectivity index (χ1v) is 7.66. The zero-order valence-electron chi connectivity index (χ0n) is 12.9. The predicted molar refractivity (Wildman–Crippen MR) is 90.5 cm³/mol. The van der Waals surface area contributed by atoms with Crippen LogP contribution >= 0.6 is 0 Å². The van der Waals surface area contributed by atoms with Crippen molar-refractivity contribution in [1.82, 2.24) is 0 Å². The topological polar surface area (TPSA) is 91.7 Å². The molecule has 0 unspecified atom stereocenters. The van der Waals surface area contributed by atoms with Crippen LogP contribution < -0.4 is 0 Å². The van der Waals surface area contributed by atoms with Crippen LogP contribution in [0.1, 0.15) is 47.8 Å². The van der Waals surface area contributed by atoms with Crippen molar-refractivity contribution >= 4 is 28.5 Å². The molecular weight excluding hydrogens is 320 g/mol. The van der Waals surface area contributed by atoms with Crippen molar-refractivity contribution in [3.8, 4) is 0 Å². The highest BCUT2D eigenvalue weighted by Gasteiger charge is 2.29. The number of carboxylic acids is 2. The van der Waals surface area contributed by atoms with Gasteiger partial charge in [0.1, 0.15) is 0 Å². The molecule has 1 aliphatic carbocycles. The summed E-state index contributed by atoms with van der Waals surface area (Å²) >= 11 is 0. The summed E-state index contributed by atoms with van der Waals surface area (Å²) in [5.74, 6) is -2.47. The van der Waals surface area contributed by atoms with Crippen LogP contribution in [0.3, 0.4) is 0 Å². The number of hydrogen-bond donors (Lipinski definition) is 2. The van der Waals surface area contributed by atoms with Gasteiger partial charge in [0, 0.05) is 11.1 Å². The first-order valence-electron chi connectivity index (χ1n) is 7.66. The average molecular weight is 332 g/mol. The summed E-state index contributed by atoms with van der Waals surface area (Å²) in [6, 6.07) is 13.0. The summed E-state index contributed by atoms with van der Waals surface area (Å²) in [5, 5.41) is 19.8. The molecule has 0 saturated carbocycles. The van der Waals surface area contributed by atoms with Crippen LogP contribution in [-0.2, 0) is 6.42 Å². The van der Waals surface area contributed by atoms with Gasteiger partial charge in [-0.1, -0.05) is 30.3 Å². The first kappa shape index (κ1) is 15.1. The summed E-state index contributed by atoms with van der Waals surface area (Å²) in [5.41, 5.74) is 2.16. The monoisotopic (exact) mass is 332 g/mol.